The van der Waals surface area contributed by atoms with Crippen LogP contribution in [0.2, 0.25) is 0 Å². The number of alkyl halides is 3. The number of carboxylic acid groups (broad SMARTS) is 1. The number of pyridine rings is 1. The first kappa shape index (κ1) is 31.0. The fourth-order valence-electron chi connectivity index (χ4n) is 4.43. The fraction of sp³-hybridized carbons (Fsp3) is 0.480. The van der Waals surface area contributed by atoms with E-state index in [-0.39, 0.29) is 29.9 Å². The van der Waals surface area contributed by atoms with Crippen molar-refractivity contribution in [1.82, 2.24) is 4.98 Å². The van der Waals surface area contributed by atoms with Crippen molar-refractivity contribution in [2.45, 2.75) is 51.6 Å². The van der Waals surface area contributed by atoms with Crippen molar-refractivity contribution in [2.75, 3.05) is 25.5 Å². The molecule has 1 aromatic carbocycles. The molecule has 5 N–H and O–H groups in total. The van der Waals surface area contributed by atoms with Gasteiger partial charge < -0.3 is 31.0 Å². The van der Waals surface area contributed by atoms with Crippen LogP contribution in [0.15, 0.2) is 36.4 Å². The monoisotopic (exact) mass is 512 g/mol. The number of fused-ring (bicyclic) bond motifs is 3. The van der Waals surface area contributed by atoms with Crippen molar-refractivity contribution in [3.8, 4) is 11.3 Å². The van der Waals surface area contributed by atoms with Gasteiger partial charge in [-0.05, 0) is 64.2 Å². The van der Waals surface area contributed by atoms with Gasteiger partial charge in [-0.25, -0.2) is 4.98 Å². The number of carboxylic acids is 1. The molecule has 2 unspecified atom stereocenters. The number of hydrogen-bond donors (Lipinski definition) is 3. The molecular weight excluding hydrogens is 477 g/mol. The number of halogens is 3. The molecule has 1 fully saturated rings. The zero-order valence-electron chi connectivity index (χ0n) is 21.1. The van der Waals surface area contributed by atoms with Crippen LogP contribution in [0.4, 0.5) is 18.9 Å². The number of rotatable bonds is 2. The zero-order valence-corrected chi connectivity index (χ0v) is 21.1. The highest BCUT2D eigenvalue weighted by Crippen LogP contribution is 2.40. The van der Waals surface area contributed by atoms with Crippen LogP contribution in [0.25, 0.3) is 11.3 Å². The third kappa shape index (κ3) is 7.74. The average Bonchev–Trinajstić information content (AvgIpc) is 2.84. The summed E-state index contributed by atoms with van der Waals surface area (Å²) in [5.74, 6) is -1.06. The molecule has 2 aliphatic heterocycles. The minimum atomic E-state index is -4.49. The van der Waals surface area contributed by atoms with Gasteiger partial charge >= 0.3 is 6.18 Å². The van der Waals surface area contributed by atoms with Gasteiger partial charge in [-0.15, -0.1) is 0 Å². The molecule has 1 saturated heterocycles. The molecule has 0 bridgehead atoms. The van der Waals surface area contributed by atoms with Crippen molar-refractivity contribution in [3.63, 3.8) is 0 Å². The van der Waals surface area contributed by atoms with E-state index in [1.54, 1.807) is 12.1 Å². The summed E-state index contributed by atoms with van der Waals surface area (Å²) in [7, 11) is 3.00. The molecule has 4 atom stereocenters. The van der Waals surface area contributed by atoms with Gasteiger partial charge in [0.1, 0.15) is 12.0 Å². The lowest BCUT2D eigenvalue weighted by molar-refractivity contribution is -0.141. The van der Waals surface area contributed by atoms with Crippen molar-refractivity contribution >= 4 is 17.9 Å². The van der Waals surface area contributed by atoms with Gasteiger partial charge in [0.15, 0.2) is 0 Å². The second-order valence-corrected chi connectivity index (χ2v) is 8.07. The lowest BCUT2D eigenvalue weighted by Crippen LogP contribution is -2.59. The second kappa shape index (κ2) is 13.9. The maximum atomic E-state index is 13.0. The van der Waals surface area contributed by atoms with Crippen LogP contribution in [-0.2, 0) is 26.9 Å². The number of ether oxygens (including phenoxy) is 1. The van der Waals surface area contributed by atoms with Gasteiger partial charge in [0, 0.05) is 30.6 Å². The van der Waals surface area contributed by atoms with Gasteiger partial charge in [0.05, 0.1) is 23.9 Å². The Balaban J connectivity index is 0.000000725. The summed E-state index contributed by atoms with van der Waals surface area (Å²) < 4.78 is 44.9. The summed E-state index contributed by atoms with van der Waals surface area (Å²) in [6.07, 6.45) is -3.02. The summed E-state index contributed by atoms with van der Waals surface area (Å²) in [6.45, 7) is 5.74. The first-order valence-corrected chi connectivity index (χ1v) is 11.4. The Morgan fingerprint density at radius 3 is 2.33 bits per heavy atom. The quantitative estimate of drug-likeness (QED) is 0.522. The van der Waals surface area contributed by atoms with E-state index in [4.69, 9.17) is 14.6 Å². The van der Waals surface area contributed by atoms with Gasteiger partial charge in [0.2, 0.25) is 0 Å². The van der Waals surface area contributed by atoms with Gasteiger partial charge in [-0.1, -0.05) is 12.1 Å². The lowest BCUT2D eigenvalue weighted by Gasteiger charge is -2.49. The number of morpholine rings is 1. The maximum absolute atomic E-state index is 13.0. The fourth-order valence-corrected chi connectivity index (χ4v) is 4.43. The van der Waals surface area contributed by atoms with E-state index in [2.05, 4.69) is 21.4 Å². The van der Waals surface area contributed by atoms with Crippen LogP contribution in [0, 0.1) is 5.92 Å². The molecule has 0 spiro atoms. The van der Waals surface area contributed by atoms with Crippen molar-refractivity contribution < 1.29 is 32.6 Å². The Morgan fingerprint density at radius 1 is 1.17 bits per heavy atom. The molecule has 2 aromatic rings. The van der Waals surface area contributed by atoms with E-state index in [9.17, 15) is 18.0 Å². The van der Waals surface area contributed by atoms with E-state index >= 15 is 0 Å². The van der Waals surface area contributed by atoms with E-state index in [1.165, 1.54) is 20.2 Å². The van der Waals surface area contributed by atoms with E-state index < -0.39 is 17.8 Å². The third-order valence-corrected chi connectivity index (χ3v) is 5.53. The molecular formula is C25H35F3N4O4. The summed E-state index contributed by atoms with van der Waals surface area (Å²) in [4.78, 5) is 26.7. The summed E-state index contributed by atoms with van der Waals surface area (Å²) in [5.41, 5.74) is 10.9. The Hall–Kier alpha value is -3.02. The molecule has 8 nitrogen and oxygen atoms in total. The SMILES string of the molecule is CC(=O)O.CN.CN.C[C@@H]1CN2c3ccc(-c4cccc(C(F)(F)F)n4)cc3CC(C=O)C2[C@H](C)O1. The number of hydrogen-bond acceptors (Lipinski definition) is 7. The van der Waals surface area contributed by atoms with Crippen LogP contribution in [0.3, 0.4) is 0 Å². The molecule has 2 aliphatic rings. The Bertz CT molecular complexity index is 1000. The molecule has 11 heteroatoms. The van der Waals surface area contributed by atoms with Crippen LogP contribution >= 0.6 is 0 Å². The Kier molecular flexibility index (Phi) is 12.0. The predicted octanol–water partition coefficient (Wildman–Crippen LogP) is 3.36. The van der Waals surface area contributed by atoms with Crippen LogP contribution in [0.5, 0.6) is 0 Å². The lowest BCUT2D eigenvalue weighted by atomic mass is 9.82. The first-order chi connectivity index (χ1) is 17.0. The number of nitrogens with two attached hydrogens (primary N) is 2. The number of benzene rings is 1. The molecule has 3 heterocycles. The Morgan fingerprint density at radius 2 is 1.78 bits per heavy atom. The zero-order chi connectivity index (χ0) is 27.6. The minimum absolute atomic E-state index is 0.0290. The molecule has 0 saturated carbocycles. The number of carbonyl (C=O) groups excluding carboxylic acids is 1. The highest BCUT2D eigenvalue weighted by Gasteiger charge is 2.42. The van der Waals surface area contributed by atoms with Gasteiger partial charge in [-0.2, -0.15) is 13.2 Å². The highest BCUT2D eigenvalue weighted by atomic mass is 19.4. The largest absolute Gasteiger partial charge is 0.481 e. The minimum Gasteiger partial charge on any atom is -0.481 e. The van der Waals surface area contributed by atoms with Crippen LogP contribution in [0.1, 0.15) is 32.0 Å². The smallest absolute Gasteiger partial charge is 0.433 e. The van der Waals surface area contributed by atoms with Crippen molar-refractivity contribution in [1.29, 1.82) is 0 Å². The topological polar surface area (TPSA) is 132 Å². The van der Waals surface area contributed by atoms with Crippen molar-refractivity contribution in [2.24, 2.45) is 17.4 Å². The summed E-state index contributed by atoms with van der Waals surface area (Å²) >= 11 is 0. The molecule has 0 amide bonds. The molecule has 0 aliphatic carbocycles. The number of aromatic nitrogens is 1. The number of aldehydes is 1. The standard InChI is InChI=1S/C21H21F3N2O2.C2H4O2.2CH5N/c1-12-10-26-18-7-6-14(17-4-3-5-19(25-17)21(22,23)24)8-15(18)9-16(11-27)20(26)13(2)28-12;1-2(3)4;2*1-2/h3-8,11-13,16,20H,9-10H2,1-2H3;1H3,(H,3,4);2*2H2,1H3/t12-,13+,16?,20?;;;/m1.../s1. The number of nitrogens with zero attached hydrogens (tertiary/aromatic N) is 2. The molecule has 0 radical (unpaired) electrons. The van der Waals surface area contributed by atoms with E-state index in [1.807, 2.05) is 26.0 Å². The number of aliphatic carboxylic acids is 1. The average molecular weight is 513 g/mol. The van der Waals surface area contributed by atoms with Crippen molar-refractivity contribution in [3.05, 3.63) is 47.7 Å². The van der Waals surface area contributed by atoms with Crippen LogP contribution in [-0.4, -0.2) is 61.2 Å². The predicted molar refractivity (Wildman–Crippen MR) is 133 cm³/mol. The first-order valence-electron chi connectivity index (χ1n) is 11.4. The highest BCUT2D eigenvalue weighted by molar-refractivity contribution is 5.71. The number of carbonyl (C=O) groups is 2. The normalized spacial score (nSPS) is 22.1. The van der Waals surface area contributed by atoms with Gasteiger partial charge in [0.25, 0.3) is 5.97 Å². The van der Waals surface area contributed by atoms with Crippen LogP contribution < -0.4 is 16.4 Å². The number of anilines is 1. The summed E-state index contributed by atoms with van der Waals surface area (Å²) in [5, 5.41) is 7.42. The molecule has 36 heavy (non-hydrogen) atoms. The van der Waals surface area contributed by atoms with E-state index in [0.29, 0.717) is 18.5 Å². The Labute approximate surface area is 209 Å². The molecule has 200 valence electrons. The maximum Gasteiger partial charge on any atom is 0.433 e. The van der Waals surface area contributed by atoms with E-state index in [0.717, 1.165) is 30.5 Å². The summed E-state index contributed by atoms with van der Waals surface area (Å²) in [6, 6.07) is 9.44. The second-order valence-electron chi connectivity index (χ2n) is 8.07. The van der Waals surface area contributed by atoms with Gasteiger partial charge in [-0.3, -0.25) is 4.79 Å². The molecule has 4 rings (SSSR count). The molecule has 1 aromatic heterocycles. The third-order valence-electron chi connectivity index (χ3n) is 5.53.